The van der Waals surface area contributed by atoms with E-state index in [1.54, 1.807) is 12.1 Å². The first kappa shape index (κ1) is 20.6. The largest absolute Gasteiger partial charge is 0.338 e. The average molecular weight is 463 g/mol. The third kappa shape index (κ3) is 4.81. The van der Waals surface area contributed by atoms with E-state index in [-0.39, 0.29) is 26.7 Å². The molecular weight excluding hydrogens is 452 g/mol. The van der Waals surface area contributed by atoms with Crippen molar-refractivity contribution in [3.8, 4) is 0 Å². The highest BCUT2D eigenvalue weighted by atomic mass is 35.5. The van der Waals surface area contributed by atoms with Crippen LogP contribution in [0.15, 0.2) is 47.5 Å². The second-order valence-electron chi connectivity index (χ2n) is 5.46. The number of nitrogens with one attached hydrogen (secondary N) is 2. The summed E-state index contributed by atoms with van der Waals surface area (Å²) >= 11 is 17.6. The third-order valence-electron chi connectivity index (χ3n) is 3.42. The van der Waals surface area contributed by atoms with E-state index < -0.39 is 15.8 Å². The van der Waals surface area contributed by atoms with Crippen LogP contribution in [0.2, 0.25) is 15.1 Å². The lowest BCUT2D eigenvalue weighted by atomic mass is 10.3. The van der Waals surface area contributed by atoms with Gasteiger partial charge in [-0.3, -0.25) is 0 Å². The van der Waals surface area contributed by atoms with Gasteiger partial charge in [0.15, 0.2) is 11.6 Å². The van der Waals surface area contributed by atoms with Crippen LogP contribution < -0.4 is 15.8 Å². The summed E-state index contributed by atoms with van der Waals surface area (Å²) in [7, 11) is -4.02. The highest BCUT2D eigenvalue weighted by molar-refractivity contribution is 7.89. The SMILES string of the molecule is NS(=O)(=O)c1cc(Nc2ncc(F)c(Nc3ccc(Cl)c(Cl)c3)n2)ccc1Cl. The van der Waals surface area contributed by atoms with Crippen LogP contribution in [0, 0.1) is 5.82 Å². The van der Waals surface area contributed by atoms with Gasteiger partial charge in [0.25, 0.3) is 0 Å². The summed E-state index contributed by atoms with van der Waals surface area (Å²) in [5.74, 6) is -0.832. The van der Waals surface area contributed by atoms with E-state index in [0.717, 1.165) is 6.20 Å². The van der Waals surface area contributed by atoms with Crippen molar-refractivity contribution in [3.63, 3.8) is 0 Å². The molecular formula is C16H11Cl3FN5O2S. The Morgan fingerprint density at radius 2 is 1.57 bits per heavy atom. The molecule has 0 aliphatic heterocycles. The smallest absolute Gasteiger partial charge is 0.239 e. The van der Waals surface area contributed by atoms with Gasteiger partial charge in [0.05, 0.1) is 21.3 Å². The van der Waals surface area contributed by atoms with Crippen molar-refractivity contribution >= 4 is 68.0 Å². The molecule has 0 aliphatic rings. The van der Waals surface area contributed by atoms with E-state index in [2.05, 4.69) is 20.6 Å². The molecule has 0 amide bonds. The highest BCUT2D eigenvalue weighted by Gasteiger charge is 2.15. The number of aromatic nitrogens is 2. The summed E-state index contributed by atoms with van der Waals surface area (Å²) in [6.45, 7) is 0. The van der Waals surface area contributed by atoms with E-state index in [0.29, 0.717) is 16.4 Å². The minimum atomic E-state index is -4.02. The molecule has 28 heavy (non-hydrogen) atoms. The van der Waals surface area contributed by atoms with Crippen LogP contribution in [-0.2, 0) is 10.0 Å². The van der Waals surface area contributed by atoms with Crippen LogP contribution in [0.3, 0.4) is 0 Å². The van der Waals surface area contributed by atoms with Gasteiger partial charge in [0.2, 0.25) is 16.0 Å². The van der Waals surface area contributed by atoms with Gasteiger partial charge < -0.3 is 10.6 Å². The molecule has 146 valence electrons. The molecule has 0 saturated carbocycles. The molecule has 0 radical (unpaired) electrons. The average Bonchev–Trinajstić information content (AvgIpc) is 2.62. The van der Waals surface area contributed by atoms with Crippen LogP contribution >= 0.6 is 34.8 Å². The fourth-order valence-electron chi connectivity index (χ4n) is 2.15. The lowest BCUT2D eigenvalue weighted by molar-refractivity contribution is 0.598. The number of nitrogens with zero attached hydrogens (tertiary/aromatic N) is 2. The fraction of sp³-hybridized carbons (Fsp3) is 0. The quantitative estimate of drug-likeness (QED) is 0.506. The van der Waals surface area contributed by atoms with E-state index in [1.807, 2.05) is 0 Å². The maximum absolute atomic E-state index is 14.1. The van der Waals surface area contributed by atoms with Crippen molar-refractivity contribution in [2.24, 2.45) is 5.14 Å². The number of sulfonamides is 1. The number of primary sulfonamides is 1. The number of hydrogen-bond donors (Lipinski definition) is 3. The molecule has 0 unspecified atom stereocenters. The molecule has 7 nitrogen and oxygen atoms in total. The van der Waals surface area contributed by atoms with Crippen molar-refractivity contribution in [2.45, 2.75) is 4.90 Å². The summed E-state index contributed by atoms with van der Waals surface area (Å²) in [6, 6.07) is 8.72. The zero-order chi connectivity index (χ0) is 20.5. The number of nitrogens with two attached hydrogens (primary N) is 1. The Morgan fingerprint density at radius 3 is 2.21 bits per heavy atom. The standard InChI is InChI=1S/C16H11Cl3FN5O2S/c17-10-3-1-8(5-12(10)19)23-15-13(20)7-22-16(25-15)24-9-2-4-11(18)14(6-9)28(21,26)27/h1-7H,(H2,21,26,27)(H2,22,23,24,25). The first-order valence-electron chi connectivity index (χ1n) is 7.47. The minimum Gasteiger partial charge on any atom is -0.338 e. The van der Waals surface area contributed by atoms with Gasteiger partial charge in [-0.05, 0) is 36.4 Å². The predicted octanol–water partition coefficient (Wildman–Crippen LogP) is 4.71. The molecule has 3 aromatic rings. The number of rotatable bonds is 5. The van der Waals surface area contributed by atoms with Crippen LogP contribution in [0.4, 0.5) is 27.5 Å². The Morgan fingerprint density at radius 1 is 0.929 bits per heavy atom. The van der Waals surface area contributed by atoms with Gasteiger partial charge in [-0.15, -0.1) is 0 Å². The first-order chi connectivity index (χ1) is 13.1. The summed E-state index contributed by atoms with van der Waals surface area (Å²) in [4.78, 5) is 7.59. The molecule has 4 N–H and O–H groups in total. The van der Waals surface area contributed by atoms with Gasteiger partial charge in [0, 0.05) is 11.4 Å². The van der Waals surface area contributed by atoms with Gasteiger partial charge in [-0.2, -0.15) is 4.98 Å². The summed E-state index contributed by atoms with van der Waals surface area (Å²) in [6.07, 6.45) is 0.950. The summed E-state index contributed by atoms with van der Waals surface area (Å²) in [5.41, 5.74) is 0.751. The van der Waals surface area contributed by atoms with Gasteiger partial charge in [-0.25, -0.2) is 22.9 Å². The second-order valence-corrected chi connectivity index (χ2v) is 8.21. The van der Waals surface area contributed by atoms with Crippen LogP contribution in [0.5, 0.6) is 0 Å². The molecule has 1 heterocycles. The molecule has 2 aromatic carbocycles. The Balaban J connectivity index is 1.88. The molecule has 12 heteroatoms. The van der Waals surface area contributed by atoms with E-state index in [1.165, 1.54) is 24.3 Å². The molecule has 0 aliphatic carbocycles. The summed E-state index contributed by atoms with van der Waals surface area (Å²) < 4.78 is 37.2. The van der Waals surface area contributed by atoms with E-state index >= 15 is 0 Å². The molecule has 0 bridgehead atoms. The third-order valence-corrected chi connectivity index (χ3v) is 5.55. The van der Waals surface area contributed by atoms with Crippen molar-refractivity contribution in [2.75, 3.05) is 10.6 Å². The number of benzene rings is 2. The number of hydrogen-bond acceptors (Lipinski definition) is 6. The van der Waals surface area contributed by atoms with Crippen molar-refractivity contribution < 1.29 is 12.8 Å². The van der Waals surface area contributed by atoms with Gasteiger partial charge >= 0.3 is 0 Å². The summed E-state index contributed by atoms with van der Waals surface area (Å²) in [5, 5.41) is 11.3. The van der Waals surface area contributed by atoms with E-state index in [9.17, 15) is 12.8 Å². The normalized spacial score (nSPS) is 11.3. The lowest BCUT2D eigenvalue weighted by Gasteiger charge is -2.11. The zero-order valence-corrected chi connectivity index (χ0v) is 16.8. The molecule has 1 aromatic heterocycles. The predicted molar refractivity (Wildman–Crippen MR) is 108 cm³/mol. The van der Waals surface area contributed by atoms with Crippen molar-refractivity contribution in [3.05, 3.63) is 63.5 Å². The molecule has 0 atom stereocenters. The Hall–Kier alpha value is -2.17. The van der Waals surface area contributed by atoms with Gasteiger partial charge in [0.1, 0.15) is 4.90 Å². The van der Waals surface area contributed by atoms with Crippen LogP contribution in [0.1, 0.15) is 0 Å². The van der Waals surface area contributed by atoms with E-state index in [4.69, 9.17) is 39.9 Å². The second kappa shape index (κ2) is 8.06. The maximum atomic E-state index is 14.1. The fourth-order valence-corrected chi connectivity index (χ4v) is 3.52. The van der Waals surface area contributed by atoms with Crippen molar-refractivity contribution in [1.29, 1.82) is 0 Å². The lowest BCUT2D eigenvalue weighted by Crippen LogP contribution is -2.13. The van der Waals surface area contributed by atoms with Crippen molar-refractivity contribution in [1.82, 2.24) is 9.97 Å². The minimum absolute atomic E-state index is 0.00616. The monoisotopic (exact) mass is 461 g/mol. The maximum Gasteiger partial charge on any atom is 0.239 e. The Labute approximate surface area is 174 Å². The molecule has 0 fully saturated rings. The van der Waals surface area contributed by atoms with Crippen LogP contribution in [-0.4, -0.2) is 18.4 Å². The van der Waals surface area contributed by atoms with Crippen LogP contribution in [0.25, 0.3) is 0 Å². The molecule has 3 rings (SSSR count). The first-order valence-corrected chi connectivity index (χ1v) is 10.2. The molecule has 0 spiro atoms. The highest BCUT2D eigenvalue weighted by Crippen LogP contribution is 2.28. The Kier molecular flexibility index (Phi) is 5.92. The number of anilines is 4. The molecule has 0 saturated heterocycles. The van der Waals surface area contributed by atoms with Gasteiger partial charge in [-0.1, -0.05) is 34.8 Å². The Bertz CT molecular complexity index is 1160. The topological polar surface area (TPSA) is 110 Å². The zero-order valence-electron chi connectivity index (χ0n) is 13.7. The number of halogens is 4.